The third-order valence-corrected chi connectivity index (χ3v) is 5.79. The van der Waals surface area contributed by atoms with E-state index in [0.717, 1.165) is 19.6 Å². The molecule has 6 nitrogen and oxygen atoms in total. The normalized spacial score (nSPS) is 15.4. The van der Waals surface area contributed by atoms with Crippen LogP contribution in [0.15, 0.2) is 46.8 Å². The Labute approximate surface area is 161 Å². The van der Waals surface area contributed by atoms with Crippen LogP contribution < -0.4 is 5.56 Å². The van der Waals surface area contributed by atoms with E-state index in [1.807, 2.05) is 10.3 Å². The lowest BCUT2D eigenvalue weighted by atomic mass is 10.1. The zero-order valence-corrected chi connectivity index (χ0v) is 16.1. The molecule has 1 amide bonds. The summed E-state index contributed by atoms with van der Waals surface area (Å²) in [6.07, 6.45) is 1.48. The fraction of sp³-hybridized carbons (Fsp3) is 0.350. The van der Waals surface area contributed by atoms with E-state index in [0.29, 0.717) is 23.3 Å². The van der Waals surface area contributed by atoms with Crippen LogP contribution in [0.2, 0.25) is 0 Å². The minimum Gasteiger partial charge on any atom is -0.339 e. The predicted octanol–water partition coefficient (Wildman–Crippen LogP) is 2.11. The lowest BCUT2D eigenvalue weighted by Crippen LogP contribution is -2.49. The molecule has 0 bridgehead atoms. The van der Waals surface area contributed by atoms with Crippen LogP contribution in [0.4, 0.5) is 0 Å². The van der Waals surface area contributed by atoms with Crippen LogP contribution in [0.1, 0.15) is 11.1 Å². The van der Waals surface area contributed by atoms with Crippen LogP contribution >= 0.6 is 11.3 Å². The molecule has 4 rings (SSSR count). The number of hydrogen-bond donors (Lipinski definition) is 0. The lowest BCUT2D eigenvalue weighted by molar-refractivity contribution is -0.133. The summed E-state index contributed by atoms with van der Waals surface area (Å²) in [6, 6.07) is 10.3. The van der Waals surface area contributed by atoms with Gasteiger partial charge in [-0.05, 0) is 23.9 Å². The summed E-state index contributed by atoms with van der Waals surface area (Å²) in [7, 11) is 0. The van der Waals surface area contributed by atoms with Gasteiger partial charge in [-0.2, -0.15) is 0 Å². The van der Waals surface area contributed by atoms with Gasteiger partial charge in [0, 0.05) is 32.7 Å². The molecule has 0 unspecified atom stereocenters. The molecule has 0 saturated carbocycles. The summed E-state index contributed by atoms with van der Waals surface area (Å²) < 4.78 is 1.41. The van der Waals surface area contributed by atoms with E-state index in [1.165, 1.54) is 33.4 Å². The molecule has 27 heavy (non-hydrogen) atoms. The SMILES string of the molecule is Cc1cccc(CN2CCN(C(=O)Cn3cnc4sccc4c3=O)CC2)c1. The first-order chi connectivity index (χ1) is 13.1. The first-order valence-corrected chi connectivity index (χ1v) is 9.96. The molecule has 7 heteroatoms. The van der Waals surface area contributed by atoms with Crippen molar-refractivity contribution in [3.63, 3.8) is 0 Å². The van der Waals surface area contributed by atoms with E-state index in [-0.39, 0.29) is 18.0 Å². The average Bonchev–Trinajstić information content (AvgIpc) is 3.14. The van der Waals surface area contributed by atoms with E-state index in [2.05, 4.69) is 41.1 Å². The summed E-state index contributed by atoms with van der Waals surface area (Å²) in [4.78, 5) is 34.3. The average molecular weight is 382 g/mol. The molecule has 0 spiro atoms. The number of hydrogen-bond acceptors (Lipinski definition) is 5. The zero-order valence-electron chi connectivity index (χ0n) is 15.3. The molecular formula is C20H22N4O2S. The molecular weight excluding hydrogens is 360 g/mol. The van der Waals surface area contributed by atoms with Crippen molar-refractivity contribution in [2.45, 2.75) is 20.0 Å². The topological polar surface area (TPSA) is 58.4 Å². The molecule has 2 aromatic heterocycles. The van der Waals surface area contributed by atoms with Crippen LogP contribution in [0.25, 0.3) is 10.2 Å². The molecule has 0 atom stereocenters. The standard InChI is InChI=1S/C20H22N4O2S/c1-15-3-2-4-16(11-15)12-22-6-8-23(9-7-22)18(25)13-24-14-21-19-17(20(24)26)5-10-27-19/h2-5,10-11,14H,6-9,12-13H2,1H3. The number of thiophene rings is 1. The van der Waals surface area contributed by atoms with Crippen molar-refractivity contribution in [2.75, 3.05) is 26.2 Å². The Balaban J connectivity index is 1.35. The maximum absolute atomic E-state index is 12.6. The van der Waals surface area contributed by atoms with Crippen molar-refractivity contribution in [1.29, 1.82) is 0 Å². The lowest BCUT2D eigenvalue weighted by Gasteiger charge is -2.34. The zero-order chi connectivity index (χ0) is 18.8. The van der Waals surface area contributed by atoms with Crippen LogP contribution in [0.3, 0.4) is 0 Å². The molecule has 0 aliphatic carbocycles. The quantitative estimate of drug-likeness (QED) is 0.694. The van der Waals surface area contributed by atoms with Crippen LogP contribution in [0, 0.1) is 6.92 Å². The van der Waals surface area contributed by atoms with Gasteiger partial charge in [0.1, 0.15) is 11.4 Å². The highest BCUT2D eigenvalue weighted by molar-refractivity contribution is 7.16. The Morgan fingerprint density at radius 2 is 2.00 bits per heavy atom. The Morgan fingerprint density at radius 1 is 1.19 bits per heavy atom. The maximum atomic E-state index is 12.6. The second kappa shape index (κ2) is 7.62. The Kier molecular flexibility index (Phi) is 5.05. The van der Waals surface area contributed by atoms with Gasteiger partial charge in [-0.1, -0.05) is 29.8 Å². The minimum atomic E-state index is -0.146. The highest BCUT2D eigenvalue weighted by atomic mass is 32.1. The van der Waals surface area contributed by atoms with Gasteiger partial charge in [0.05, 0.1) is 11.7 Å². The molecule has 1 aliphatic heterocycles. The third-order valence-electron chi connectivity index (χ3n) is 4.97. The second-order valence-electron chi connectivity index (χ2n) is 6.96. The van der Waals surface area contributed by atoms with Crippen molar-refractivity contribution in [1.82, 2.24) is 19.4 Å². The first kappa shape index (κ1) is 17.9. The molecule has 1 aromatic carbocycles. The van der Waals surface area contributed by atoms with Gasteiger partial charge in [0.25, 0.3) is 5.56 Å². The van der Waals surface area contributed by atoms with Crippen molar-refractivity contribution >= 4 is 27.5 Å². The van der Waals surface area contributed by atoms with Crippen LogP contribution in [-0.4, -0.2) is 51.4 Å². The van der Waals surface area contributed by atoms with Crippen molar-refractivity contribution in [3.05, 3.63) is 63.5 Å². The van der Waals surface area contributed by atoms with Crippen molar-refractivity contribution in [2.24, 2.45) is 0 Å². The number of piperazine rings is 1. The number of benzene rings is 1. The maximum Gasteiger partial charge on any atom is 0.262 e. The van der Waals surface area contributed by atoms with Gasteiger partial charge < -0.3 is 4.90 Å². The summed E-state index contributed by atoms with van der Waals surface area (Å²) >= 11 is 1.43. The summed E-state index contributed by atoms with van der Waals surface area (Å²) in [5.41, 5.74) is 2.42. The number of carbonyl (C=O) groups is 1. The van der Waals surface area contributed by atoms with Gasteiger partial charge >= 0.3 is 0 Å². The predicted molar refractivity (Wildman–Crippen MR) is 107 cm³/mol. The third kappa shape index (κ3) is 3.94. The summed E-state index contributed by atoms with van der Waals surface area (Å²) in [5, 5.41) is 2.43. The van der Waals surface area contributed by atoms with Crippen molar-refractivity contribution < 1.29 is 4.79 Å². The molecule has 3 aromatic rings. The number of nitrogens with zero attached hydrogens (tertiary/aromatic N) is 4. The minimum absolute atomic E-state index is 0.0244. The molecule has 1 saturated heterocycles. The highest BCUT2D eigenvalue weighted by Gasteiger charge is 2.22. The number of fused-ring (bicyclic) bond motifs is 1. The summed E-state index contributed by atoms with van der Waals surface area (Å²) in [6.45, 7) is 6.12. The summed E-state index contributed by atoms with van der Waals surface area (Å²) in [5.74, 6) is -0.0244. The Morgan fingerprint density at radius 3 is 2.78 bits per heavy atom. The number of aryl methyl sites for hydroxylation is 1. The van der Waals surface area contributed by atoms with Gasteiger partial charge in [0.2, 0.25) is 5.91 Å². The largest absolute Gasteiger partial charge is 0.339 e. The Hall–Kier alpha value is -2.51. The monoisotopic (exact) mass is 382 g/mol. The first-order valence-electron chi connectivity index (χ1n) is 9.08. The van der Waals surface area contributed by atoms with Crippen LogP contribution in [-0.2, 0) is 17.9 Å². The second-order valence-corrected chi connectivity index (χ2v) is 7.86. The van der Waals surface area contributed by atoms with E-state index >= 15 is 0 Å². The van der Waals surface area contributed by atoms with Gasteiger partial charge in [-0.25, -0.2) is 4.98 Å². The smallest absolute Gasteiger partial charge is 0.262 e. The van der Waals surface area contributed by atoms with Gasteiger partial charge in [0.15, 0.2) is 0 Å². The van der Waals surface area contributed by atoms with Crippen molar-refractivity contribution in [3.8, 4) is 0 Å². The molecule has 0 radical (unpaired) electrons. The number of carbonyl (C=O) groups excluding carboxylic acids is 1. The molecule has 3 heterocycles. The number of aromatic nitrogens is 2. The van der Waals surface area contributed by atoms with Gasteiger partial charge in [-0.3, -0.25) is 19.1 Å². The molecule has 0 N–H and O–H groups in total. The fourth-order valence-electron chi connectivity index (χ4n) is 3.48. The fourth-order valence-corrected chi connectivity index (χ4v) is 4.20. The highest BCUT2D eigenvalue weighted by Crippen LogP contribution is 2.14. The molecule has 140 valence electrons. The van der Waals surface area contributed by atoms with Crippen LogP contribution in [0.5, 0.6) is 0 Å². The molecule has 1 aliphatic rings. The molecule has 1 fully saturated rings. The Bertz CT molecular complexity index is 1020. The van der Waals surface area contributed by atoms with E-state index in [1.54, 1.807) is 6.07 Å². The van der Waals surface area contributed by atoms with Gasteiger partial charge in [-0.15, -0.1) is 11.3 Å². The van der Waals surface area contributed by atoms with E-state index in [9.17, 15) is 9.59 Å². The van der Waals surface area contributed by atoms with E-state index in [4.69, 9.17) is 0 Å². The number of rotatable bonds is 4. The number of amides is 1. The van der Waals surface area contributed by atoms with E-state index < -0.39 is 0 Å².